The van der Waals surface area contributed by atoms with Gasteiger partial charge < -0.3 is 24.6 Å². The first-order chi connectivity index (χ1) is 18.1. The molecule has 0 atom stereocenters. The lowest BCUT2D eigenvalue weighted by Gasteiger charge is -2.27. The van der Waals surface area contributed by atoms with Gasteiger partial charge in [0.15, 0.2) is 5.78 Å². The predicted octanol–water partition coefficient (Wildman–Crippen LogP) is 5.70. The Kier molecular flexibility index (Phi) is 10.2. The molecule has 0 bridgehead atoms. The summed E-state index contributed by atoms with van der Waals surface area (Å²) in [6.45, 7) is 11.8. The number of fused-ring (bicyclic) bond motifs is 1. The van der Waals surface area contributed by atoms with Crippen LogP contribution in [0.2, 0.25) is 0 Å². The third kappa shape index (κ3) is 8.23. The zero-order chi connectivity index (χ0) is 27.7. The highest BCUT2D eigenvalue weighted by Gasteiger charge is 2.24. The Balaban J connectivity index is 1.52. The van der Waals surface area contributed by atoms with E-state index >= 15 is 0 Å². The first-order valence-corrected chi connectivity index (χ1v) is 13.5. The van der Waals surface area contributed by atoms with Gasteiger partial charge >= 0.3 is 6.09 Å². The molecule has 38 heavy (non-hydrogen) atoms. The summed E-state index contributed by atoms with van der Waals surface area (Å²) in [4.78, 5) is 40.9. The number of ketones is 1. The number of benzene rings is 2. The smallest absolute Gasteiger partial charge is 0.410 e. The van der Waals surface area contributed by atoms with Gasteiger partial charge in [-0.05, 0) is 82.9 Å². The van der Waals surface area contributed by atoms with Crippen molar-refractivity contribution >= 4 is 29.2 Å². The number of nitrogens with zero attached hydrogens (tertiary/aromatic N) is 2. The van der Waals surface area contributed by atoms with Gasteiger partial charge in [0.2, 0.25) is 5.91 Å². The third-order valence-corrected chi connectivity index (χ3v) is 6.29. The molecular formula is C30H41N3O5. The van der Waals surface area contributed by atoms with Crippen LogP contribution in [-0.4, -0.2) is 61.1 Å². The summed E-state index contributed by atoms with van der Waals surface area (Å²) in [5.74, 6) is 0.871. The molecule has 0 spiro atoms. The van der Waals surface area contributed by atoms with E-state index in [1.165, 1.54) is 0 Å². The quantitative estimate of drug-likeness (QED) is 0.284. The number of Topliss-reactive ketones (excluding diaryl/α,β-unsaturated/α-hetero) is 1. The summed E-state index contributed by atoms with van der Waals surface area (Å²) in [7, 11) is 0. The Morgan fingerprint density at radius 2 is 1.82 bits per heavy atom. The van der Waals surface area contributed by atoms with Crippen LogP contribution in [0.4, 0.5) is 16.2 Å². The minimum Gasteiger partial charge on any atom is -0.492 e. The molecule has 0 saturated heterocycles. The molecule has 0 aromatic heterocycles. The normalized spacial score (nSPS) is 12.6. The molecule has 1 N–H and O–H groups in total. The summed E-state index contributed by atoms with van der Waals surface area (Å²) in [5.41, 5.74) is 2.91. The molecule has 3 rings (SSSR count). The second kappa shape index (κ2) is 13.3. The minimum atomic E-state index is -0.591. The van der Waals surface area contributed by atoms with Gasteiger partial charge in [0.1, 0.15) is 11.4 Å². The van der Waals surface area contributed by atoms with E-state index < -0.39 is 5.60 Å². The van der Waals surface area contributed by atoms with Crippen LogP contribution in [0.1, 0.15) is 69.8 Å². The largest absolute Gasteiger partial charge is 0.492 e. The van der Waals surface area contributed by atoms with E-state index in [-0.39, 0.29) is 17.8 Å². The molecular weight excluding hydrogens is 482 g/mol. The number of nitrogens with one attached hydrogen (secondary N) is 1. The molecule has 0 fully saturated rings. The summed E-state index contributed by atoms with van der Waals surface area (Å²) in [6, 6.07) is 13.3. The number of hydrogen-bond donors (Lipinski definition) is 1. The minimum absolute atomic E-state index is 0.0195. The standard InChI is InChI=1S/C30H41N3O5/c1-6-37-28-13-8-7-11-25(28)31-17-20-32(29(36)38-30(3,4)5)18-10-9-12-27(35)24-14-15-26-23(21-24)16-19-33(26)22(2)34/h7-8,11,13-15,21,31H,6,9-10,12,16-20H2,1-5H3. The van der Waals surface area contributed by atoms with Gasteiger partial charge in [-0.3, -0.25) is 9.59 Å². The van der Waals surface area contributed by atoms with E-state index in [1.54, 1.807) is 22.8 Å². The topological polar surface area (TPSA) is 88.2 Å². The fraction of sp³-hybridized carbons (Fsp3) is 0.500. The van der Waals surface area contributed by atoms with Gasteiger partial charge in [0.05, 0.1) is 12.3 Å². The number of rotatable bonds is 12. The third-order valence-electron chi connectivity index (χ3n) is 6.29. The van der Waals surface area contributed by atoms with Crippen molar-refractivity contribution in [2.45, 2.75) is 65.9 Å². The molecule has 0 saturated carbocycles. The maximum atomic E-state index is 12.9. The average Bonchev–Trinajstić information content (AvgIpc) is 3.29. The van der Waals surface area contributed by atoms with Crippen LogP contribution in [0.25, 0.3) is 0 Å². The summed E-state index contributed by atoms with van der Waals surface area (Å²) < 4.78 is 11.3. The van der Waals surface area contributed by atoms with Crippen molar-refractivity contribution in [1.29, 1.82) is 0 Å². The van der Waals surface area contributed by atoms with Gasteiger partial charge in [-0.25, -0.2) is 4.79 Å². The number of carbonyl (C=O) groups is 3. The van der Waals surface area contributed by atoms with Gasteiger partial charge in [0.25, 0.3) is 0 Å². The number of anilines is 2. The van der Waals surface area contributed by atoms with E-state index in [2.05, 4.69) is 5.32 Å². The lowest BCUT2D eigenvalue weighted by Crippen LogP contribution is -2.40. The van der Waals surface area contributed by atoms with Crippen LogP contribution >= 0.6 is 0 Å². The van der Waals surface area contributed by atoms with Crippen molar-refractivity contribution in [3.63, 3.8) is 0 Å². The molecule has 1 heterocycles. The fourth-order valence-corrected chi connectivity index (χ4v) is 4.48. The van der Waals surface area contributed by atoms with E-state index in [9.17, 15) is 14.4 Å². The van der Waals surface area contributed by atoms with E-state index in [4.69, 9.17) is 9.47 Å². The van der Waals surface area contributed by atoms with Crippen LogP contribution in [0.3, 0.4) is 0 Å². The van der Waals surface area contributed by atoms with Gasteiger partial charge in [-0.15, -0.1) is 0 Å². The Morgan fingerprint density at radius 1 is 1.05 bits per heavy atom. The van der Waals surface area contributed by atoms with Crippen LogP contribution in [0.5, 0.6) is 5.75 Å². The number of unbranched alkanes of at least 4 members (excludes halogenated alkanes) is 1. The molecule has 2 aromatic rings. The van der Waals surface area contributed by atoms with Gasteiger partial charge in [-0.1, -0.05) is 12.1 Å². The van der Waals surface area contributed by atoms with Crippen molar-refractivity contribution in [1.82, 2.24) is 4.90 Å². The monoisotopic (exact) mass is 523 g/mol. The molecule has 8 heteroatoms. The molecule has 0 radical (unpaired) electrons. The molecule has 0 unspecified atom stereocenters. The Morgan fingerprint density at radius 3 is 2.53 bits per heavy atom. The SMILES string of the molecule is CCOc1ccccc1NCCN(CCCCC(=O)c1ccc2c(c1)CCN2C(C)=O)C(=O)OC(C)(C)C. The number of amides is 2. The highest BCUT2D eigenvalue weighted by atomic mass is 16.6. The molecule has 1 aliphatic rings. The molecule has 0 aliphatic carbocycles. The van der Waals surface area contributed by atoms with E-state index in [0.717, 1.165) is 29.1 Å². The van der Waals surface area contributed by atoms with Gasteiger partial charge in [0, 0.05) is 50.8 Å². The highest BCUT2D eigenvalue weighted by molar-refractivity contribution is 5.98. The second-order valence-electron chi connectivity index (χ2n) is 10.5. The van der Waals surface area contributed by atoms with Crippen molar-refractivity contribution in [3.8, 4) is 5.75 Å². The van der Waals surface area contributed by atoms with Gasteiger partial charge in [-0.2, -0.15) is 0 Å². The maximum Gasteiger partial charge on any atom is 0.410 e. The lowest BCUT2D eigenvalue weighted by molar-refractivity contribution is -0.116. The van der Waals surface area contributed by atoms with E-state index in [1.807, 2.05) is 64.1 Å². The van der Waals surface area contributed by atoms with Crippen LogP contribution in [0, 0.1) is 0 Å². The highest BCUT2D eigenvalue weighted by Crippen LogP contribution is 2.29. The Bertz CT molecular complexity index is 1130. The maximum absolute atomic E-state index is 12.9. The molecule has 1 aliphatic heterocycles. The van der Waals surface area contributed by atoms with Crippen molar-refractivity contribution in [2.75, 3.05) is 43.0 Å². The molecule has 2 aromatic carbocycles. The summed E-state index contributed by atoms with van der Waals surface area (Å²) in [5, 5.41) is 3.35. The number of carbonyl (C=O) groups excluding carboxylic acids is 3. The first kappa shape index (κ1) is 29.0. The van der Waals surface area contributed by atoms with E-state index in [0.29, 0.717) is 57.6 Å². The first-order valence-electron chi connectivity index (χ1n) is 13.5. The second-order valence-corrected chi connectivity index (χ2v) is 10.5. The lowest BCUT2D eigenvalue weighted by atomic mass is 10.0. The van der Waals surface area contributed by atoms with Crippen molar-refractivity contribution in [2.24, 2.45) is 0 Å². The predicted molar refractivity (Wildman–Crippen MR) is 150 cm³/mol. The van der Waals surface area contributed by atoms with Crippen LogP contribution < -0.4 is 15.0 Å². The zero-order valence-electron chi connectivity index (χ0n) is 23.3. The average molecular weight is 524 g/mol. The number of para-hydroxylation sites is 2. The van der Waals surface area contributed by atoms with Crippen molar-refractivity contribution in [3.05, 3.63) is 53.6 Å². The zero-order valence-corrected chi connectivity index (χ0v) is 23.3. The van der Waals surface area contributed by atoms with Crippen LogP contribution in [0.15, 0.2) is 42.5 Å². The number of hydrogen-bond acceptors (Lipinski definition) is 6. The summed E-state index contributed by atoms with van der Waals surface area (Å²) in [6.07, 6.45) is 2.15. The van der Waals surface area contributed by atoms with Crippen molar-refractivity contribution < 1.29 is 23.9 Å². The Hall–Kier alpha value is -3.55. The molecule has 206 valence electrons. The summed E-state index contributed by atoms with van der Waals surface area (Å²) >= 11 is 0. The molecule has 2 amide bonds. The van der Waals surface area contributed by atoms with Crippen LogP contribution in [-0.2, 0) is 16.0 Å². The number of ether oxygens (including phenoxy) is 2. The Labute approximate surface area is 226 Å². The molecule has 8 nitrogen and oxygen atoms in total. The fourth-order valence-electron chi connectivity index (χ4n) is 4.48.